The maximum Gasteiger partial charge on any atom is -0.0443 e. The molecule has 3 fully saturated rings. The highest BCUT2D eigenvalue weighted by atomic mass is 14.2. The first-order chi connectivity index (χ1) is 8.68. The Hall–Kier alpha value is 0. The molecule has 0 saturated heterocycles. The largest absolute Gasteiger partial charge is 0.0776 e. The van der Waals surface area contributed by atoms with Crippen molar-refractivity contribution in [3.63, 3.8) is 0 Å². The summed E-state index contributed by atoms with van der Waals surface area (Å²) >= 11 is 0. The van der Waals surface area contributed by atoms with Crippen LogP contribution < -0.4 is 0 Å². The molecule has 3 saturated carbocycles. The Balaban J connectivity index is 0. The highest BCUT2D eigenvalue weighted by Crippen LogP contribution is 2.24. The van der Waals surface area contributed by atoms with Gasteiger partial charge in [0, 0.05) is 0 Å². The Bertz CT molecular complexity index is 168. The van der Waals surface area contributed by atoms with Gasteiger partial charge < -0.3 is 0 Å². The van der Waals surface area contributed by atoms with Crippen LogP contribution in [0.15, 0.2) is 0 Å². The second-order valence-electron chi connectivity index (χ2n) is 7.17. The molecule has 0 bridgehead atoms. The van der Waals surface area contributed by atoms with Crippen LogP contribution in [0, 0.1) is 17.8 Å². The van der Waals surface area contributed by atoms with Gasteiger partial charge in [-0.25, -0.2) is 0 Å². The molecule has 0 N–H and O–H groups in total. The molecule has 124 valence electrons. The molecule has 0 unspecified atom stereocenters. The molecule has 20 heavy (non-hydrogen) atoms. The SMILES string of the molecule is C.C.CC1CCC1.CC1CCCC1.CC1CCCCC1. The third kappa shape index (κ3) is 11.8. The van der Waals surface area contributed by atoms with Crippen LogP contribution in [0.3, 0.4) is 0 Å². The number of hydrogen-bond donors (Lipinski definition) is 0. The summed E-state index contributed by atoms with van der Waals surface area (Å²) in [6, 6.07) is 0. The Labute approximate surface area is 131 Å². The van der Waals surface area contributed by atoms with Gasteiger partial charge in [0.1, 0.15) is 0 Å². The molecular formula is C20H44. The molecule has 0 aromatic carbocycles. The van der Waals surface area contributed by atoms with Gasteiger partial charge in [-0.15, -0.1) is 0 Å². The number of rotatable bonds is 0. The standard InChI is InChI=1S/C7H14.C6H12.C5H10.2CH4/c1-7-5-3-2-4-6-7;1-6-4-2-3-5-6;1-5-3-2-4-5;;/h7H,2-6H2,1H3;6H,2-5H2,1H3;5H,2-4H2,1H3;2*1H4. The Morgan fingerprint density at radius 3 is 0.750 bits per heavy atom. The van der Waals surface area contributed by atoms with Crippen molar-refractivity contribution < 1.29 is 0 Å². The Morgan fingerprint density at radius 2 is 0.650 bits per heavy atom. The lowest BCUT2D eigenvalue weighted by molar-refractivity contribution is 0.346. The second kappa shape index (κ2) is 14.0. The molecule has 0 aromatic heterocycles. The zero-order valence-corrected chi connectivity index (χ0v) is 13.2. The Morgan fingerprint density at radius 1 is 0.400 bits per heavy atom. The van der Waals surface area contributed by atoms with Gasteiger partial charge in [-0.2, -0.15) is 0 Å². The predicted molar refractivity (Wildman–Crippen MR) is 96.4 cm³/mol. The van der Waals surface area contributed by atoms with Crippen molar-refractivity contribution in [3.8, 4) is 0 Å². The average molecular weight is 285 g/mol. The molecule has 0 nitrogen and oxygen atoms in total. The topological polar surface area (TPSA) is 0 Å². The summed E-state index contributed by atoms with van der Waals surface area (Å²) in [6.07, 6.45) is 17.8. The molecule has 0 radical (unpaired) electrons. The van der Waals surface area contributed by atoms with Gasteiger partial charge in [-0.1, -0.05) is 113 Å². The minimum Gasteiger partial charge on any atom is -0.0776 e. The third-order valence-electron chi connectivity index (χ3n) is 4.93. The van der Waals surface area contributed by atoms with Gasteiger partial charge in [0.2, 0.25) is 0 Å². The quantitative estimate of drug-likeness (QED) is 0.424. The highest BCUT2D eigenvalue weighted by molar-refractivity contribution is 4.62. The summed E-state index contributed by atoms with van der Waals surface area (Å²) in [5.74, 6) is 3.15. The molecular weight excluding hydrogens is 240 g/mol. The molecule has 0 heterocycles. The van der Waals surface area contributed by atoms with Crippen LogP contribution in [-0.2, 0) is 0 Å². The fraction of sp³-hybridized carbons (Fsp3) is 1.00. The first-order valence-corrected chi connectivity index (χ1v) is 8.68. The smallest absolute Gasteiger partial charge is 0.0443 e. The second-order valence-corrected chi connectivity index (χ2v) is 7.17. The molecule has 3 aliphatic rings. The minimum atomic E-state index is 0. The van der Waals surface area contributed by atoms with E-state index in [2.05, 4.69) is 20.8 Å². The summed E-state index contributed by atoms with van der Waals surface area (Å²) in [4.78, 5) is 0. The van der Waals surface area contributed by atoms with E-state index in [9.17, 15) is 0 Å². The lowest BCUT2D eigenvalue weighted by Gasteiger charge is -2.18. The van der Waals surface area contributed by atoms with E-state index in [1.807, 2.05) is 0 Å². The minimum absolute atomic E-state index is 0. The molecule has 0 heteroatoms. The fourth-order valence-electron chi connectivity index (χ4n) is 3.05. The molecule has 3 aliphatic carbocycles. The van der Waals surface area contributed by atoms with Crippen molar-refractivity contribution in [1.82, 2.24) is 0 Å². The van der Waals surface area contributed by atoms with Crippen LogP contribution in [0.2, 0.25) is 0 Å². The van der Waals surface area contributed by atoms with Crippen LogP contribution in [0.25, 0.3) is 0 Å². The van der Waals surface area contributed by atoms with Crippen LogP contribution >= 0.6 is 0 Å². The van der Waals surface area contributed by atoms with E-state index in [1.165, 1.54) is 77.0 Å². The maximum atomic E-state index is 2.36. The molecule has 0 aromatic rings. The van der Waals surface area contributed by atoms with Gasteiger partial charge in [-0.05, 0) is 17.8 Å². The summed E-state index contributed by atoms with van der Waals surface area (Å²) in [5, 5.41) is 0. The average Bonchev–Trinajstić information content (AvgIpc) is 2.80. The van der Waals surface area contributed by atoms with Gasteiger partial charge in [0.05, 0.1) is 0 Å². The summed E-state index contributed by atoms with van der Waals surface area (Å²) in [7, 11) is 0. The number of hydrogen-bond acceptors (Lipinski definition) is 0. The molecule has 3 rings (SSSR count). The van der Waals surface area contributed by atoms with Gasteiger partial charge in [-0.3, -0.25) is 0 Å². The fourth-order valence-corrected chi connectivity index (χ4v) is 3.05. The summed E-state index contributed by atoms with van der Waals surface area (Å²) < 4.78 is 0. The van der Waals surface area contributed by atoms with Crippen LogP contribution in [0.5, 0.6) is 0 Å². The van der Waals surface area contributed by atoms with Gasteiger partial charge in [0.15, 0.2) is 0 Å². The molecule has 0 atom stereocenters. The van der Waals surface area contributed by atoms with E-state index in [1.54, 1.807) is 0 Å². The van der Waals surface area contributed by atoms with Gasteiger partial charge >= 0.3 is 0 Å². The third-order valence-corrected chi connectivity index (χ3v) is 4.93. The van der Waals surface area contributed by atoms with E-state index in [0.717, 1.165) is 17.8 Å². The van der Waals surface area contributed by atoms with Crippen molar-refractivity contribution in [2.75, 3.05) is 0 Å². The Kier molecular flexibility index (Phi) is 15.6. The van der Waals surface area contributed by atoms with E-state index in [0.29, 0.717) is 0 Å². The highest BCUT2D eigenvalue weighted by Gasteiger charge is 2.09. The molecule has 0 aliphatic heterocycles. The van der Waals surface area contributed by atoms with Gasteiger partial charge in [0.25, 0.3) is 0 Å². The van der Waals surface area contributed by atoms with E-state index >= 15 is 0 Å². The zero-order valence-electron chi connectivity index (χ0n) is 13.2. The summed E-state index contributed by atoms with van der Waals surface area (Å²) in [5.41, 5.74) is 0. The van der Waals surface area contributed by atoms with E-state index < -0.39 is 0 Å². The van der Waals surface area contributed by atoms with Crippen molar-refractivity contribution in [2.24, 2.45) is 17.8 Å². The van der Waals surface area contributed by atoms with Crippen molar-refractivity contribution in [2.45, 2.75) is 113 Å². The lowest BCUT2D eigenvalue weighted by Crippen LogP contribution is -2.04. The maximum absolute atomic E-state index is 2.36. The van der Waals surface area contributed by atoms with E-state index in [-0.39, 0.29) is 14.9 Å². The van der Waals surface area contributed by atoms with Crippen LogP contribution in [0.4, 0.5) is 0 Å². The summed E-state index contributed by atoms with van der Waals surface area (Å²) in [6.45, 7) is 7.01. The van der Waals surface area contributed by atoms with Crippen LogP contribution in [-0.4, -0.2) is 0 Å². The monoisotopic (exact) mass is 284 g/mol. The first-order valence-electron chi connectivity index (χ1n) is 8.68. The molecule has 0 amide bonds. The predicted octanol–water partition coefficient (Wildman–Crippen LogP) is 7.86. The van der Waals surface area contributed by atoms with Crippen molar-refractivity contribution >= 4 is 0 Å². The van der Waals surface area contributed by atoms with Crippen molar-refractivity contribution in [1.29, 1.82) is 0 Å². The van der Waals surface area contributed by atoms with Crippen molar-refractivity contribution in [3.05, 3.63) is 0 Å². The normalized spacial score (nSPS) is 22.9. The molecule has 0 spiro atoms. The van der Waals surface area contributed by atoms with E-state index in [4.69, 9.17) is 0 Å². The lowest BCUT2D eigenvalue weighted by atomic mass is 9.88. The van der Waals surface area contributed by atoms with Crippen LogP contribution in [0.1, 0.15) is 113 Å². The first kappa shape index (κ1) is 22.3. The zero-order chi connectivity index (χ0) is 13.2.